The van der Waals surface area contributed by atoms with Crippen molar-refractivity contribution < 1.29 is 14.3 Å². The molecular weight excluding hydrogens is 476 g/mol. The SMILES string of the molecule is COC(=O)c1cc2c(NC(=O)C34CC5CC(CC(C5)C3)C4)cccc2n(Cc2ccc(Cl)cc2)c1=O. The first-order valence-corrected chi connectivity index (χ1v) is 13.0. The predicted octanol–water partition coefficient (Wildman–Crippen LogP) is 5.64. The maximum absolute atomic E-state index is 13.8. The Balaban J connectivity index is 1.42. The minimum atomic E-state index is -0.700. The molecule has 4 bridgehead atoms. The van der Waals surface area contributed by atoms with Gasteiger partial charge in [0.1, 0.15) is 5.56 Å². The number of anilines is 1. The molecule has 1 aromatic heterocycles. The summed E-state index contributed by atoms with van der Waals surface area (Å²) in [6.07, 6.45) is 6.68. The number of aromatic nitrogens is 1. The summed E-state index contributed by atoms with van der Waals surface area (Å²) in [5, 5.41) is 4.47. The molecule has 7 rings (SSSR count). The van der Waals surface area contributed by atoms with E-state index < -0.39 is 11.5 Å². The monoisotopic (exact) mass is 504 g/mol. The molecule has 6 nitrogen and oxygen atoms in total. The van der Waals surface area contributed by atoms with Crippen molar-refractivity contribution in [1.82, 2.24) is 4.57 Å². The summed E-state index contributed by atoms with van der Waals surface area (Å²) in [4.78, 5) is 39.7. The second-order valence-electron chi connectivity index (χ2n) is 11.0. The van der Waals surface area contributed by atoms with E-state index in [2.05, 4.69) is 5.32 Å². The molecule has 186 valence electrons. The number of rotatable bonds is 5. The number of hydrogen-bond donors (Lipinski definition) is 1. The Kier molecular flexibility index (Phi) is 5.67. The Morgan fingerprint density at radius 1 is 1.03 bits per heavy atom. The number of nitrogens with one attached hydrogen (secondary N) is 1. The van der Waals surface area contributed by atoms with Crippen LogP contribution >= 0.6 is 11.6 Å². The second kappa shape index (κ2) is 8.77. The first kappa shape index (κ1) is 23.3. The lowest BCUT2D eigenvalue weighted by atomic mass is 9.49. The van der Waals surface area contributed by atoms with Gasteiger partial charge in [-0.3, -0.25) is 9.59 Å². The Morgan fingerprint density at radius 2 is 1.67 bits per heavy atom. The maximum atomic E-state index is 13.8. The standard InChI is InChI=1S/C29H29ClN2O4/c1-36-27(34)23-12-22-24(31-28(35)29-13-18-9-19(14-29)11-20(10-18)15-29)3-2-4-25(22)32(26(23)33)16-17-5-7-21(30)8-6-17/h2-8,12,18-20H,9-11,13-16H2,1H3,(H,31,35). The molecule has 0 spiro atoms. The minimum Gasteiger partial charge on any atom is -0.465 e. The summed E-state index contributed by atoms with van der Waals surface area (Å²) in [5.41, 5.74) is 1.33. The molecule has 1 N–H and O–H groups in total. The van der Waals surface area contributed by atoms with Crippen LogP contribution in [0.4, 0.5) is 5.69 Å². The van der Waals surface area contributed by atoms with E-state index in [1.165, 1.54) is 26.4 Å². The number of carbonyl (C=O) groups excluding carboxylic acids is 2. The fraction of sp³-hybridized carbons (Fsp3) is 0.414. The molecule has 1 heterocycles. The number of carbonyl (C=O) groups is 2. The van der Waals surface area contributed by atoms with Gasteiger partial charge in [-0.1, -0.05) is 29.8 Å². The zero-order chi connectivity index (χ0) is 25.0. The molecular formula is C29H29ClN2O4. The van der Waals surface area contributed by atoms with E-state index in [1.807, 2.05) is 30.3 Å². The van der Waals surface area contributed by atoms with Gasteiger partial charge in [-0.2, -0.15) is 0 Å². The molecule has 0 atom stereocenters. The van der Waals surface area contributed by atoms with Crippen molar-refractivity contribution in [2.75, 3.05) is 12.4 Å². The zero-order valence-corrected chi connectivity index (χ0v) is 21.0. The van der Waals surface area contributed by atoms with Gasteiger partial charge in [-0.15, -0.1) is 0 Å². The van der Waals surface area contributed by atoms with E-state index in [4.69, 9.17) is 16.3 Å². The van der Waals surface area contributed by atoms with Gasteiger partial charge >= 0.3 is 5.97 Å². The smallest absolute Gasteiger partial charge is 0.343 e. The van der Waals surface area contributed by atoms with Crippen LogP contribution in [0.2, 0.25) is 5.02 Å². The highest BCUT2D eigenvalue weighted by atomic mass is 35.5. The van der Waals surface area contributed by atoms with Gasteiger partial charge in [0.25, 0.3) is 5.56 Å². The summed E-state index contributed by atoms with van der Waals surface area (Å²) >= 11 is 6.04. The van der Waals surface area contributed by atoms with E-state index in [9.17, 15) is 14.4 Å². The number of hydrogen-bond acceptors (Lipinski definition) is 4. The minimum absolute atomic E-state index is 0.0598. The van der Waals surface area contributed by atoms with Crippen LogP contribution in [0.15, 0.2) is 53.3 Å². The maximum Gasteiger partial charge on any atom is 0.343 e. The molecule has 4 fully saturated rings. The Morgan fingerprint density at radius 3 is 2.28 bits per heavy atom. The lowest BCUT2D eigenvalue weighted by Gasteiger charge is -2.55. The lowest BCUT2D eigenvalue weighted by Crippen LogP contribution is -2.51. The summed E-state index contributed by atoms with van der Waals surface area (Å²) < 4.78 is 6.48. The van der Waals surface area contributed by atoms with Crippen LogP contribution in [-0.2, 0) is 16.1 Å². The molecule has 2 aromatic carbocycles. The fourth-order valence-electron chi connectivity index (χ4n) is 7.34. The number of benzene rings is 2. The van der Waals surface area contributed by atoms with Crippen molar-refractivity contribution in [3.05, 3.63) is 75.0 Å². The average molecular weight is 505 g/mol. The number of fused-ring (bicyclic) bond motifs is 1. The third-order valence-electron chi connectivity index (χ3n) is 8.57. The Labute approximate surface area is 214 Å². The molecule has 0 saturated heterocycles. The van der Waals surface area contributed by atoms with Crippen LogP contribution in [0.1, 0.15) is 54.4 Å². The highest BCUT2D eigenvalue weighted by Gasteiger charge is 2.54. The number of amides is 1. The van der Waals surface area contributed by atoms with Crippen molar-refractivity contribution in [2.24, 2.45) is 23.2 Å². The number of ether oxygens (including phenoxy) is 1. The Bertz CT molecular complexity index is 1390. The summed E-state index contributed by atoms with van der Waals surface area (Å²) in [7, 11) is 1.26. The van der Waals surface area contributed by atoms with E-state index in [0.717, 1.165) is 24.8 Å². The average Bonchev–Trinajstić information content (AvgIpc) is 2.85. The first-order chi connectivity index (χ1) is 17.3. The van der Waals surface area contributed by atoms with Crippen molar-refractivity contribution in [2.45, 2.75) is 45.1 Å². The van der Waals surface area contributed by atoms with Crippen molar-refractivity contribution in [3.63, 3.8) is 0 Å². The van der Waals surface area contributed by atoms with Crippen LogP contribution in [0, 0.1) is 23.2 Å². The molecule has 4 aliphatic carbocycles. The molecule has 7 heteroatoms. The molecule has 3 aromatic rings. The third-order valence-corrected chi connectivity index (χ3v) is 8.82. The zero-order valence-electron chi connectivity index (χ0n) is 20.3. The van der Waals surface area contributed by atoms with Crippen molar-refractivity contribution in [3.8, 4) is 0 Å². The van der Waals surface area contributed by atoms with Gasteiger partial charge in [0.05, 0.1) is 30.3 Å². The van der Waals surface area contributed by atoms with Gasteiger partial charge in [0, 0.05) is 10.4 Å². The molecule has 0 aliphatic heterocycles. The molecule has 0 radical (unpaired) electrons. The number of nitrogens with zero attached hydrogens (tertiary/aromatic N) is 1. The van der Waals surface area contributed by atoms with Crippen LogP contribution in [0.25, 0.3) is 10.9 Å². The van der Waals surface area contributed by atoms with Gasteiger partial charge in [-0.05, 0) is 92.2 Å². The first-order valence-electron chi connectivity index (χ1n) is 12.7. The highest BCUT2D eigenvalue weighted by Crippen LogP contribution is 2.60. The van der Waals surface area contributed by atoms with Crippen LogP contribution < -0.4 is 10.9 Å². The predicted molar refractivity (Wildman–Crippen MR) is 139 cm³/mol. The molecule has 4 aliphatic rings. The second-order valence-corrected chi connectivity index (χ2v) is 11.4. The van der Waals surface area contributed by atoms with E-state index in [1.54, 1.807) is 22.8 Å². The largest absolute Gasteiger partial charge is 0.465 e. The van der Waals surface area contributed by atoms with Crippen molar-refractivity contribution >= 4 is 40.1 Å². The third kappa shape index (κ3) is 3.92. The number of pyridine rings is 1. The lowest BCUT2D eigenvalue weighted by molar-refractivity contribution is -0.140. The quantitative estimate of drug-likeness (QED) is 0.456. The molecule has 0 unspecified atom stereocenters. The van der Waals surface area contributed by atoms with Crippen LogP contribution in [0.3, 0.4) is 0 Å². The van der Waals surface area contributed by atoms with Gasteiger partial charge in [0.15, 0.2) is 0 Å². The topological polar surface area (TPSA) is 77.4 Å². The molecule has 4 saturated carbocycles. The van der Waals surface area contributed by atoms with E-state index in [0.29, 0.717) is 39.4 Å². The molecule has 1 amide bonds. The number of halogens is 1. The van der Waals surface area contributed by atoms with Crippen molar-refractivity contribution in [1.29, 1.82) is 0 Å². The summed E-state index contributed by atoms with van der Waals surface area (Å²) in [5.74, 6) is 1.35. The fourth-order valence-corrected chi connectivity index (χ4v) is 7.47. The Hall–Kier alpha value is -3.12. The number of methoxy groups -OCH3 is 1. The van der Waals surface area contributed by atoms with Crippen LogP contribution in [0.5, 0.6) is 0 Å². The highest BCUT2D eigenvalue weighted by molar-refractivity contribution is 6.30. The van der Waals surface area contributed by atoms with Gasteiger partial charge in [-0.25, -0.2) is 4.79 Å². The van der Waals surface area contributed by atoms with E-state index >= 15 is 0 Å². The summed E-state index contributed by atoms with van der Waals surface area (Å²) in [6, 6.07) is 14.3. The number of esters is 1. The van der Waals surface area contributed by atoms with Crippen LogP contribution in [-0.4, -0.2) is 23.6 Å². The molecule has 36 heavy (non-hydrogen) atoms. The van der Waals surface area contributed by atoms with Gasteiger partial charge in [0.2, 0.25) is 5.91 Å². The summed E-state index contributed by atoms with van der Waals surface area (Å²) in [6.45, 7) is 0.254. The van der Waals surface area contributed by atoms with E-state index in [-0.39, 0.29) is 23.4 Å². The van der Waals surface area contributed by atoms with Gasteiger partial charge < -0.3 is 14.6 Å². The normalized spacial score (nSPS) is 26.2.